The van der Waals surface area contributed by atoms with Crippen molar-refractivity contribution in [3.8, 4) is 47.7 Å². The van der Waals surface area contributed by atoms with Gasteiger partial charge in [-0.05, 0) is 192 Å². The number of ether oxygens (including phenoxy) is 3. The fraction of sp³-hybridized carbons (Fsp3) is 0.276. The SMILES string of the molecule is C#Cc1ccc(C(=O)N[C@H](C(=O)NOC)[C@@H](C)OC(C)(C)C)cc1.C#Cc1ccc(C(=O)O)cc1.CONC(=O)[C@H](NC(=O)OCC1c2ccccc2-c2ccccc21)[C@@H](C)OC(C)(C)C.C[C@@H](O)[C@H](NC(=O)c1ccc(C#Cc2cccc([N+](=O)[O-])c2)cc1)C(=O)NO.O=[N+]([O-])c1cccc(I)c1. The maximum atomic E-state index is 12.6. The van der Waals surface area contributed by atoms with Gasteiger partial charge in [-0.2, -0.15) is 0 Å². The summed E-state index contributed by atoms with van der Waals surface area (Å²) in [7, 11) is 2.65. The molecule has 0 radical (unpaired) electrons. The molecule has 1 aliphatic carbocycles. The van der Waals surface area contributed by atoms with Gasteiger partial charge in [0, 0.05) is 67.1 Å². The smallest absolute Gasteiger partial charge is 0.407 e. The van der Waals surface area contributed by atoms with Crippen LogP contribution in [0.25, 0.3) is 11.1 Å². The predicted octanol–water partition coefficient (Wildman–Crippen LogP) is 9.97. The molecule has 0 unspecified atom stereocenters. The minimum atomic E-state index is -1.31. The number of hydroxylamine groups is 3. The number of nitrogens with zero attached hydrogens (tertiary/aromatic N) is 2. The fourth-order valence-corrected chi connectivity index (χ4v) is 10.2. The number of nitrogens with one attached hydrogen (secondary N) is 6. The summed E-state index contributed by atoms with van der Waals surface area (Å²) in [6.07, 6.45) is 7.31. The van der Waals surface area contributed by atoms with E-state index in [2.05, 4.69) is 79.7 Å². The third-order valence-corrected chi connectivity index (χ3v) is 14.9. The first-order valence-corrected chi connectivity index (χ1v) is 32.7. The van der Waals surface area contributed by atoms with Crippen LogP contribution in [-0.4, -0.2) is 135 Å². The molecule has 9 N–H and O–H groups in total. The summed E-state index contributed by atoms with van der Waals surface area (Å²) < 4.78 is 18.1. The average Bonchev–Trinajstić information content (AvgIpc) is 1.62. The van der Waals surface area contributed by atoms with Crippen molar-refractivity contribution >= 4 is 75.6 Å². The minimum absolute atomic E-state index is 0.0570. The second-order valence-corrected chi connectivity index (χ2v) is 25.6. The van der Waals surface area contributed by atoms with Crippen LogP contribution in [0.2, 0.25) is 0 Å². The molecule has 0 heterocycles. The van der Waals surface area contributed by atoms with Gasteiger partial charge in [-0.25, -0.2) is 26.0 Å². The van der Waals surface area contributed by atoms with Crippen molar-refractivity contribution in [2.24, 2.45) is 0 Å². The summed E-state index contributed by atoms with van der Waals surface area (Å²) in [5.74, 6) is 6.54. The van der Waals surface area contributed by atoms with Gasteiger partial charge < -0.3 is 40.4 Å². The molecule has 8 rings (SSSR count). The number of aromatic carboxylic acids is 1. The van der Waals surface area contributed by atoms with Gasteiger partial charge in [0.25, 0.3) is 40.9 Å². The molecule has 0 aliphatic heterocycles. The molecular weight excluding hydrogens is 1460 g/mol. The van der Waals surface area contributed by atoms with Gasteiger partial charge in [0.2, 0.25) is 0 Å². The average molecular weight is 1540 g/mol. The number of nitro groups is 2. The van der Waals surface area contributed by atoms with E-state index in [1.165, 1.54) is 81.2 Å². The Hall–Kier alpha value is -11.4. The number of hydrogen-bond acceptors (Lipinski definition) is 18. The number of halogens is 1. The molecule has 0 fully saturated rings. The predicted molar refractivity (Wildman–Crippen MR) is 394 cm³/mol. The van der Waals surface area contributed by atoms with Crippen molar-refractivity contribution in [3.63, 3.8) is 0 Å². The molecule has 1 aliphatic rings. The van der Waals surface area contributed by atoms with Crippen molar-refractivity contribution in [2.45, 2.75) is 116 Å². The molecule has 0 aromatic heterocycles. The van der Waals surface area contributed by atoms with Crippen LogP contribution >= 0.6 is 22.6 Å². The van der Waals surface area contributed by atoms with Crippen molar-refractivity contribution in [1.29, 1.82) is 0 Å². The molecule has 104 heavy (non-hydrogen) atoms. The standard InChI is InChI=1S/C24H30N2O5.C19H17N3O6.C18H24N2O4.C9H6O2.C6H4INO2/c1-15(31-24(2,3)4)21(22(27)26-29-5)25-23(28)30-14-20-18-12-8-6-10-16(18)17-11-7-9-13-19(17)20;1-12(23)17(19(25)21-26)20-18(24)15-9-7-13(8-10-15)5-6-14-3-2-4-16(11-14)22(27)28;1-7-13-8-10-14(11-9-13)16(21)19-15(17(22)20-23-6)12(2)24-18(3,4)5;1-2-7-3-5-8(6-4-7)9(10)11;7-5-2-1-3-6(4-5)8(9)10/h6-13,15,20-21H,14H2,1-5H3,(H,25,28)(H,26,27);2-4,7-12,17,23,26H,1H3,(H,20,24)(H,21,25);1,8-12,15H,2-6H3,(H,19,21)(H,20,22);1,3-6H,(H,10,11);1-4H/t15-,21-;12-,17+;12-,15+;;/m111../s1. The van der Waals surface area contributed by atoms with Gasteiger partial charge >= 0.3 is 12.1 Å². The first-order chi connectivity index (χ1) is 49.1. The number of rotatable bonds is 20. The molecular formula is C76H81IN8O19. The van der Waals surface area contributed by atoms with E-state index < -0.39 is 99.1 Å². The Balaban J connectivity index is 0.000000291. The largest absolute Gasteiger partial charge is 0.478 e. The van der Waals surface area contributed by atoms with E-state index in [1.807, 2.05) is 94.5 Å². The van der Waals surface area contributed by atoms with E-state index in [4.69, 9.17) is 42.2 Å². The summed E-state index contributed by atoms with van der Waals surface area (Å²) >= 11 is 2.03. The van der Waals surface area contributed by atoms with Crippen LogP contribution in [0.4, 0.5) is 16.2 Å². The second-order valence-electron chi connectivity index (χ2n) is 24.4. The van der Waals surface area contributed by atoms with Crippen LogP contribution in [-0.2, 0) is 38.3 Å². The Labute approximate surface area is 615 Å². The first-order valence-electron chi connectivity index (χ1n) is 31.6. The number of carbonyl (C=O) groups is 7. The number of benzene rings is 7. The topological polar surface area (TPSA) is 385 Å². The first kappa shape index (κ1) is 85.0. The van der Waals surface area contributed by atoms with E-state index in [0.717, 1.165) is 25.8 Å². The normalized spacial score (nSPS) is 12.6. The zero-order chi connectivity index (χ0) is 77.4. The molecule has 7 aromatic carbocycles. The molecule has 7 aromatic rings. The molecule has 0 bridgehead atoms. The Morgan fingerprint density at radius 3 is 1.34 bits per heavy atom. The number of non-ortho nitro benzene ring substituents is 2. The number of carboxylic acid groups (broad SMARTS) is 1. The van der Waals surface area contributed by atoms with Crippen LogP contribution in [0.3, 0.4) is 0 Å². The van der Waals surface area contributed by atoms with Crippen LogP contribution in [0.5, 0.6) is 0 Å². The van der Waals surface area contributed by atoms with Crippen molar-refractivity contribution in [1.82, 2.24) is 32.4 Å². The maximum Gasteiger partial charge on any atom is 0.407 e. The molecule has 546 valence electrons. The number of carboxylic acids is 1. The highest BCUT2D eigenvalue weighted by Gasteiger charge is 2.35. The summed E-state index contributed by atoms with van der Waals surface area (Å²) in [6, 6.07) is 44.2. The van der Waals surface area contributed by atoms with Gasteiger partial charge in [-0.15, -0.1) is 12.8 Å². The minimum Gasteiger partial charge on any atom is -0.478 e. The summed E-state index contributed by atoms with van der Waals surface area (Å²) in [4.78, 5) is 113. The maximum absolute atomic E-state index is 12.6. The monoisotopic (exact) mass is 1540 g/mol. The number of terminal acetylenes is 2. The number of aliphatic hydroxyl groups is 1. The number of fused-ring (bicyclic) bond motifs is 3. The lowest BCUT2D eigenvalue weighted by Crippen LogP contribution is -2.54. The quantitative estimate of drug-likeness (QED) is 0.0113. The van der Waals surface area contributed by atoms with Crippen molar-refractivity contribution < 1.29 is 82.7 Å². The Kier molecular flexibility index (Phi) is 33.9. The molecule has 0 saturated carbocycles. The molecule has 6 atom stereocenters. The fourth-order valence-electron chi connectivity index (χ4n) is 9.63. The molecule has 6 amide bonds. The second kappa shape index (κ2) is 41.5. The van der Waals surface area contributed by atoms with Crippen LogP contribution in [0.1, 0.15) is 133 Å². The van der Waals surface area contributed by atoms with E-state index in [-0.39, 0.29) is 35.0 Å². The van der Waals surface area contributed by atoms with E-state index in [0.29, 0.717) is 27.8 Å². The van der Waals surface area contributed by atoms with Gasteiger partial charge in [0.05, 0.1) is 59.1 Å². The summed E-state index contributed by atoms with van der Waals surface area (Å²) in [6.45, 7) is 16.1. The van der Waals surface area contributed by atoms with Crippen molar-refractivity contribution in [2.75, 3.05) is 20.8 Å². The number of hydrogen-bond donors (Lipinski definition) is 9. The third kappa shape index (κ3) is 28.2. The van der Waals surface area contributed by atoms with Crippen LogP contribution in [0.15, 0.2) is 170 Å². The van der Waals surface area contributed by atoms with Gasteiger partial charge in [-0.1, -0.05) is 84.3 Å². The summed E-state index contributed by atoms with van der Waals surface area (Å²) in [5, 5.41) is 55.2. The Bertz CT molecular complexity index is 4220. The van der Waals surface area contributed by atoms with Gasteiger partial charge in [0.15, 0.2) is 0 Å². The van der Waals surface area contributed by atoms with Crippen molar-refractivity contribution in [3.05, 3.63) is 244 Å². The number of alkyl carbamates (subject to hydrolysis) is 1. The lowest BCUT2D eigenvalue weighted by Gasteiger charge is -2.30. The highest BCUT2D eigenvalue weighted by atomic mass is 127. The van der Waals surface area contributed by atoms with E-state index in [9.17, 15) is 58.9 Å². The Morgan fingerprint density at radius 2 is 0.942 bits per heavy atom. The molecule has 28 heteroatoms. The van der Waals surface area contributed by atoms with E-state index in [1.54, 1.807) is 74.5 Å². The highest BCUT2D eigenvalue weighted by molar-refractivity contribution is 14.1. The third-order valence-electron chi connectivity index (χ3n) is 14.2. The number of amides is 6. The number of aliphatic hydroxyl groups excluding tert-OH is 1. The zero-order valence-electron chi connectivity index (χ0n) is 58.7. The van der Waals surface area contributed by atoms with Gasteiger partial charge in [-0.3, -0.25) is 59.1 Å². The summed E-state index contributed by atoms with van der Waals surface area (Å²) in [5.41, 5.74) is 12.8. The Morgan fingerprint density at radius 1 is 0.538 bits per heavy atom. The van der Waals surface area contributed by atoms with E-state index >= 15 is 0 Å². The lowest BCUT2D eigenvalue weighted by molar-refractivity contribution is -0.385. The molecule has 27 nitrogen and oxygen atoms in total. The van der Waals surface area contributed by atoms with Crippen LogP contribution < -0.4 is 32.4 Å². The van der Waals surface area contributed by atoms with Crippen LogP contribution in [0, 0.1) is 60.3 Å². The molecule has 0 spiro atoms. The highest BCUT2D eigenvalue weighted by Crippen LogP contribution is 2.44. The number of nitro benzene ring substituents is 2. The number of carbonyl (C=O) groups excluding carboxylic acids is 6. The molecule has 0 saturated heterocycles. The zero-order valence-corrected chi connectivity index (χ0v) is 60.9. The van der Waals surface area contributed by atoms with Gasteiger partial charge in [0.1, 0.15) is 24.7 Å². The lowest BCUT2D eigenvalue weighted by atomic mass is 9.98.